The molecule has 0 spiro atoms. The minimum absolute atomic E-state index is 0.0403. The van der Waals surface area contributed by atoms with Crippen LogP contribution in [0.5, 0.6) is 11.5 Å². The van der Waals surface area contributed by atoms with Crippen LogP contribution in [0.2, 0.25) is 0 Å². The highest BCUT2D eigenvalue weighted by atomic mass is 16.5. The van der Waals surface area contributed by atoms with Crippen LogP contribution in [-0.2, 0) is 19.0 Å². The minimum Gasteiger partial charge on any atom is -0.493 e. The van der Waals surface area contributed by atoms with Crippen molar-refractivity contribution in [3.63, 3.8) is 0 Å². The third kappa shape index (κ3) is 5.00. The molecule has 1 atom stereocenters. The van der Waals surface area contributed by atoms with E-state index in [1.165, 1.54) is 7.11 Å². The molecule has 1 unspecified atom stereocenters. The molecule has 0 fully saturated rings. The topological polar surface area (TPSA) is 113 Å². The minimum atomic E-state index is -0.736. The van der Waals surface area contributed by atoms with Crippen molar-refractivity contribution in [1.82, 2.24) is 0 Å². The van der Waals surface area contributed by atoms with Gasteiger partial charge in [-0.2, -0.15) is 5.26 Å². The highest BCUT2D eigenvalue weighted by Gasteiger charge is 2.36. The molecule has 0 saturated heterocycles. The largest absolute Gasteiger partial charge is 0.493 e. The summed E-state index contributed by atoms with van der Waals surface area (Å²) in [5.74, 6) is -0.0187. The Labute approximate surface area is 170 Å². The van der Waals surface area contributed by atoms with Crippen molar-refractivity contribution < 1.29 is 28.5 Å². The molecular formula is C21H26N2O6. The Balaban J connectivity index is 2.50. The summed E-state index contributed by atoms with van der Waals surface area (Å²) in [5.41, 5.74) is 6.93. The molecule has 1 aromatic carbocycles. The molecule has 8 heteroatoms. The van der Waals surface area contributed by atoms with Crippen LogP contribution in [0.25, 0.3) is 0 Å². The summed E-state index contributed by atoms with van der Waals surface area (Å²) in [4.78, 5) is 12.6. The zero-order valence-corrected chi connectivity index (χ0v) is 17.1. The molecule has 0 saturated carbocycles. The van der Waals surface area contributed by atoms with Crippen molar-refractivity contribution in [3.05, 3.63) is 46.6 Å². The van der Waals surface area contributed by atoms with Crippen molar-refractivity contribution in [2.75, 3.05) is 34.0 Å². The van der Waals surface area contributed by atoms with Gasteiger partial charge in [-0.1, -0.05) is 6.07 Å². The fourth-order valence-electron chi connectivity index (χ4n) is 3.06. The fraction of sp³-hybridized carbons (Fsp3) is 0.429. The number of hydrogen-bond acceptors (Lipinski definition) is 8. The second kappa shape index (κ2) is 10.4. The van der Waals surface area contributed by atoms with Crippen molar-refractivity contribution in [2.24, 2.45) is 5.73 Å². The number of nitriles is 1. The smallest absolute Gasteiger partial charge is 0.338 e. The Kier molecular flexibility index (Phi) is 7.92. The summed E-state index contributed by atoms with van der Waals surface area (Å²) in [5, 5.41) is 9.67. The number of nitrogens with zero attached hydrogens (tertiary/aromatic N) is 1. The lowest BCUT2D eigenvalue weighted by atomic mass is 9.83. The van der Waals surface area contributed by atoms with Crippen LogP contribution in [0.4, 0.5) is 0 Å². The number of esters is 1. The van der Waals surface area contributed by atoms with Gasteiger partial charge in [-0.05, 0) is 31.5 Å². The molecule has 1 aliphatic heterocycles. The van der Waals surface area contributed by atoms with Gasteiger partial charge < -0.3 is 29.4 Å². The monoisotopic (exact) mass is 402 g/mol. The number of rotatable bonds is 9. The Hall–Kier alpha value is -3.18. The first-order valence-electron chi connectivity index (χ1n) is 9.23. The number of carbonyl (C=O) groups excluding carboxylic acids is 1. The summed E-state index contributed by atoms with van der Waals surface area (Å²) in [6, 6.07) is 7.27. The van der Waals surface area contributed by atoms with Gasteiger partial charge in [-0.3, -0.25) is 0 Å². The van der Waals surface area contributed by atoms with Crippen LogP contribution in [-0.4, -0.2) is 40.0 Å². The quantitative estimate of drug-likeness (QED) is 0.495. The number of methoxy groups -OCH3 is 2. The number of nitrogens with two attached hydrogens (primary N) is 1. The van der Waals surface area contributed by atoms with Crippen molar-refractivity contribution >= 4 is 5.97 Å². The summed E-state index contributed by atoms with van der Waals surface area (Å²) >= 11 is 0. The average molecular weight is 402 g/mol. The lowest BCUT2D eigenvalue weighted by Gasteiger charge is -2.27. The van der Waals surface area contributed by atoms with Gasteiger partial charge in [0.25, 0.3) is 0 Å². The number of benzene rings is 1. The summed E-state index contributed by atoms with van der Waals surface area (Å²) in [7, 11) is 3.16. The zero-order valence-electron chi connectivity index (χ0n) is 17.1. The van der Waals surface area contributed by atoms with Gasteiger partial charge in [0.15, 0.2) is 11.5 Å². The summed E-state index contributed by atoms with van der Waals surface area (Å²) < 4.78 is 26.8. The number of ether oxygens (including phenoxy) is 5. The van der Waals surface area contributed by atoms with Crippen molar-refractivity contribution in [1.29, 1.82) is 5.26 Å². The lowest BCUT2D eigenvalue weighted by Crippen LogP contribution is -2.25. The van der Waals surface area contributed by atoms with E-state index < -0.39 is 11.9 Å². The van der Waals surface area contributed by atoms with E-state index in [0.29, 0.717) is 42.5 Å². The SMILES string of the molecule is CCOC(=O)C1=C(C)OC(N)=C(C#N)C1c1ccc(OC)c(OCCCOC)c1. The first-order chi connectivity index (χ1) is 14.0. The van der Waals surface area contributed by atoms with E-state index in [-0.39, 0.29) is 23.6 Å². The average Bonchev–Trinajstić information content (AvgIpc) is 2.70. The number of carbonyl (C=O) groups is 1. The third-order valence-corrected chi connectivity index (χ3v) is 4.37. The maximum Gasteiger partial charge on any atom is 0.338 e. The molecule has 8 nitrogen and oxygen atoms in total. The molecule has 1 heterocycles. The molecule has 1 aromatic rings. The number of hydrogen-bond donors (Lipinski definition) is 1. The van der Waals surface area contributed by atoms with Gasteiger partial charge in [0.1, 0.15) is 17.4 Å². The number of allylic oxidation sites excluding steroid dienone is 2. The molecule has 0 aromatic heterocycles. The zero-order chi connectivity index (χ0) is 21.4. The van der Waals surface area contributed by atoms with Crippen LogP contribution < -0.4 is 15.2 Å². The van der Waals surface area contributed by atoms with E-state index >= 15 is 0 Å². The Bertz CT molecular complexity index is 853. The Morgan fingerprint density at radius 2 is 2.03 bits per heavy atom. The van der Waals surface area contributed by atoms with Crippen molar-refractivity contribution in [3.8, 4) is 17.6 Å². The lowest BCUT2D eigenvalue weighted by molar-refractivity contribution is -0.139. The summed E-state index contributed by atoms with van der Waals surface area (Å²) in [6.45, 7) is 4.51. The van der Waals surface area contributed by atoms with Gasteiger partial charge in [-0.25, -0.2) is 4.79 Å². The Morgan fingerprint density at radius 1 is 1.28 bits per heavy atom. The van der Waals surface area contributed by atoms with Crippen molar-refractivity contribution in [2.45, 2.75) is 26.2 Å². The van der Waals surface area contributed by atoms with Crippen LogP contribution >= 0.6 is 0 Å². The van der Waals surface area contributed by atoms with Gasteiger partial charge >= 0.3 is 5.97 Å². The summed E-state index contributed by atoms with van der Waals surface area (Å²) in [6.07, 6.45) is 0.699. The van der Waals surface area contributed by atoms with E-state index in [9.17, 15) is 10.1 Å². The normalized spacial score (nSPS) is 16.2. The van der Waals surface area contributed by atoms with E-state index in [1.54, 1.807) is 39.2 Å². The predicted molar refractivity (Wildman–Crippen MR) is 105 cm³/mol. The van der Waals surface area contributed by atoms with E-state index in [0.717, 1.165) is 0 Å². The van der Waals surface area contributed by atoms with Gasteiger partial charge in [0, 0.05) is 20.1 Å². The first kappa shape index (κ1) is 22.1. The molecule has 1 aliphatic rings. The van der Waals surface area contributed by atoms with Crippen LogP contribution in [0.15, 0.2) is 41.0 Å². The fourth-order valence-corrected chi connectivity index (χ4v) is 3.06. The maximum atomic E-state index is 12.6. The van der Waals surface area contributed by atoms with Crippen LogP contribution in [0, 0.1) is 11.3 Å². The molecule has 156 valence electrons. The van der Waals surface area contributed by atoms with Gasteiger partial charge in [0.2, 0.25) is 5.88 Å². The molecular weight excluding hydrogens is 376 g/mol. The second-order valence-electron chi connectivity index (χ2n) is 6.22. The molecule has 29 heavy (non-hydrogen) atoms. The third-order valence-electron chi connectivity index (χ3n) is 4.37. The highest BCUT2D eigenvalue weighted by molar-refractivity contribution is 5.92. The van der Waals surface area contributed by atoms with Crippen LogP contribution in [0.1, 0.15) is 31.7 Å². The van der Waals surface area contributed by atoms with E-state index in [1.807, 2.05) is 0 Å². The Morgan fingerprint density at radius 3 is 2.66 bits per heavy atom. The standard InChI is InChI=1S/C21H26N2O6/c1-5-27-21(24)18-13(2)29-20(23)15(12-22)19(18)14-7-8-16(26-4)17(11-14)28-10-6-9-25-3/h7-8,11,19H,5-6,9-10,23H2,1-4H3. The van der Waals surface area contributed by atoms with Gasteiger partial charge in [0.05, 0.1) is 31.8 Å². The van der Waals surface area contributed by atoms with E-state index in [2.05, 4.69) is 6.07 Å². The maximum absolute atomic E-state index is 12.6. The van der Waals surface area contributed by atoms with Crippen LogP contribution in [0.3, 0.4) is 0 Å². The first-order valence-corrected chi connectivity index (χ1v) is 9.23. The molecule has 2 N–H and O–H groups in total. The van der Waals surface area contributed by atoms with Gasteiger partial charge in [-0.15, -0.1) is 0 Å². The second-order valence-corrected chi connectivity index (χ2v) is 6.22. The van der Waals surface area contributed by atoms with E-state index in [4.69, 9.17) is 29.4 Å². The molecule has 0 aliphatic carbocycles. The highest BCUT2D eigenvalue weighted by Crippen LogP contribution is 2.42. The predicted octanol–water partition coefficient (Wildman–Crippen LogP) is 2.76. The molecule has 0 amide bonds. The molecule has 2 rings (SSSR count). The molecule has 0 radical (unpaired) electrons. The molecule has 0 bridgehead atoms.